The van der Waals surface area contributed by atoms with Crippen molar-refractivity contribution in [3.8, 4) is 0 Å². The van der Waals surface area contributed by atoms with Crippen LogP contribution in [0.25, 0.3) is 0 Å². The molecule has 0 aliphatic rings. The Hall–Kier alpha value is -0.750. The number of hydrogen-bond acceptors (Lipinski definition) is 4. The highest BCUT2D eigenvalue weighted by Gasteiger charge is 2.25. The number of aryl methyl sites for hydroxylation is 2. The minimum Gasteiger partial charge on any atom is -0.258 e. The first-order valence-electron chi connectivity index (χ1n) is 4.50. The molecule has 5 nitrogen and oxygen atoms in total. The van der Waals surface area contributed by atoms with Gasteiger partial charge < -0.3 is 0 Å². The fourth-order valence-corrected chi connectivity index (χ4v) is 2.33. The van der Waals surface area contributed by atoms with Crippen LogP contribution in [0.3, 0.4) is 0 Å². The van der Waals surface area contributed by atoms with Crippen molar-refractivity contribution in [3.05, 3.63) is 15.8 Å². The largest absolute Gasteiger partial charge is 0.323 e. The van der Waals surface area contributed by atoms with Gasteiger partial charge in [-0.25, -0.2) is 0 Å². The van der Waals surface area contributed by atoms with E-state index in [-0.39, 0.29) is 10.6 Å². The highest BCUT2D eigenvalue weighted by atomic mass is 35.5. The molecule has 7 heteroatoms. The van der Waals surface area contributed by atoms with Crippen LogP contribution in [0.1, 0.15) is 12.6 Å². The van der Waals surface area contributed by atoms with E-state index in [1.807, 2.05) is 6.92 Å². The molecule has 0 fully saturated rings. The summed E-state index contributed by atoms with van der Waals surface area (Å²) in [5.41, 5.74) is 0.648. The van der Waals surface area contributed by atoms with Gasteiger partial charge in [0.2, 0.25) is 0 Å². The van der Waals surface area contributed by atoms with E-state index in [0.29, 0.717) is 28.8 Å². The van der Waals surface area contributed by atoms with Crippen LogP contribution in [0.5, 0.6) is 0 Å². The molecule has 0 aromatic carbocycles. The molecule has 0 bridgehead atoms. The molecular weight excluding hydrogens is 238 g/mol. The second-order valence-corrected chi connectivity index (χ2v) is 4.33. The van der Waals surface area contributed by atoms with Gasteiger partial charge in [-0.1, -0.05) is 18.7 Å². The summed E-state index contributed by atoms with van der Waals surface area (Å²) in [6.45, 7) is 1.85. The van der Waals surface area contributed by atoms with Gasteiger partial charge in [0, 0.05) is 18.7 Å². The van der Waals surface area contributed by atoms with Gasteiger partial charge in [0.05, 0.1) is 4.92 Å². The van der Waals surface area contributed by atoms with E-state index >= 15 is 0 Å². The summed E-state index contributed by atoms with van der Waals surface area (Å²) in [7, 11) is 1.71. The Bertz CT molecular complexity index is 367. The number of alkyl halides is 1. The molecule has 15 heavy (non-hydrogen) atoms. The van der Waals surface area contributed by atoms with E-state index in [1.165, 1.54) is 11.8 Å². The lowest BCUT2D eigenvalue weighted by atomic mass is 10.3. The molecule has 1 heterocycles. The molecule has 0 saturated heterocycles. The van der Waals surface area contributed by atoms with E-state index in [4.69, 9.17) is 11.6 Å². The van der Waals surface area contributed by atoms with Gasteiger partial charge in [-0.3, -0.25) is 14.8 Å². The van der Waals surface area contributed by atoms with Crippen LogP contribution in [-0.4, -0.2) is 26.3 Å². The predicted molar refractivity (Wildman–Crippen MR) is 60.7 cm³/mol. The maximum absolute atomic E-state index is 10.9. The number of rotatable bonds is 5. The summed E-state index contributed by atoms with van der Waals surface area (Å²) >= 11 is 6.92. The van der Waals surface area contributed by atoms with Gasteiger partial charge in [0.1, 0.15) is 5.69 Å². The summed E-state index contributed by atoms with van der Waals surface area (Å²) in [5.74, 6) is 1.11. The molecule has 0 radical (unpaired) electrons. The first kappa shape index (κ1) is 12.3. The van der Waals surface area contributed by atoms with Crippen molar-refractivity contribution < 1.29 is 4.92 Å². The average molecular weight is 250 g/mol. The van der Waals surface area contributed by atoms with Gasteiger partial charge in [-0.15, -0.1) is 11.6 Å². The molecule has 0 atom stereocenters. The third kappa shape index (κ3) is 2.63. The van der Waals surface area contributed by atoms with Gasteiger partial charge in [0.15, 0.2) is 5.03 Å². The first-order valence-corrected chi connectivity index (χ1v) is 6.02. The van der Waals surface area contributed by atoms with E-state index in [2.05, 4.69) is 5.10 Å². The quantitative estimate of drug-likeness (QED) is 0.347. The lowest BCUT2D eigenvalue weighted by Gasteiger charge is -1.98. The van der Waals surface area contributed by atoms with Gasteiger partial charge in [0.25, 0.3) is 0 Å². The zero-order valence-electron chi connectivity index (χ0n) is 8.57. The van der Waals surface area contributed by atoms with Crippen LogP contribution in [0.4, 0.5) is 5.69 Å². The Balaban J connectivity index is 3.10. The molecule has 0 unspecified atom stereocenters. The third-order valence-corrected chi connectivity index (χ3v) is 3.43. The van der Waals surface area contributed by atoms with E-state index in [9.17, 15) is 10.1 Å². The van der Waals surface area contributed by atoms with Crippen LogP contribution in [0.2, 0.25) is 0 Å². The van der Waals surface area contributed by atoms with Gasteiger partial charge in [-0.2, -0.15) is 5.10 Å². The summed E-state index contributed by atoms with van der Waals surface area (Å²) in [6.07, 6.45) is 0.561. The number of hydrogen-bond donors (Lipinski definition) is 0. The molecular formula is C8H12ClN3O2S. The molecule has 1 rings (SSSR count). The van der Waals surface area contributed by atoms with Crippen LogP contribution in [-0.2, 0) is 13.5 Å². The van der Waals surface area contributed by atoms with E-state index < -0.39 is 0 Å². The maximum atomic E-state index is 10.9. The lowest BCUT2D eigenvalue weighted by Crippen LogP contribution is -1.95. The number of nitrogens with zero attached hydrogens (tertiary/aromatic N) is 3. The van der Waals surface area contributed by atoms with E-state index in [1.54, 1.807) is 11.7 Å². The predicted octanol–water partition coefficient (Wildman–Crippen LogP) is 2.22. The maximum Gasteiger partial charge on any atom is 0.323 e. The molecule has 0 aliphatic heterocycles. The molecule has 0 saturated carbocycles. The van der Waals surface area contributed by atoms with Crippen molar-refractivity contribution in [3.63, 3.8) is 0 Å². The molecule has 84 valence electrons. The number of thioether (sulfide) groups is 1. The normalized spacial score (nSPS) is 10.6. The summed E-state index contributed by atoms with van der Waals surface area (Å²) in [6, 6.07) is 0. The fraction of sp³-hybridized carbons (Fsp3) is 0.625. The van der Waals surface area contributed by atoms with Crippen molar-refractivity contribution in [2.45, 2.75) is 18.4 Å². The minimum absolute atomic E-state index is 0.120. The van der Waals surface area contributed by atoms with Gasteiger partial charge in [-0.05, 0) is 6.42 Å². The second kappa shape index (κ2) is 5.37. The second-order valence-electron chi connectivity index (χ2n) is 2.87. The van der Waals surface area contributed by atoms with Crippen LogP contribution < -0.4 is 0 Å². The standard InChI is InChI=1S/C8H12ClN3O2S/c1-3-6-7(12(13)14)8(11(2)10-6)15-5-4-9/h3-5H2,1-2H3. The number of aromatic nitrogens is 2. The zero-order chi connectivity index (χ0) is 11.4. The monoisotopic (exact) mass is 249 g/mol. The lowest BCUT2D eigenvalue weighted by molar-refractivity contribution is -0.388. The highest BCUT2D eigenvalue weighted by Crippen LogP contribution is 2.32. The topological polar surface area (TPSA) is 61.0 Å². The molecule has 0 N–H and O–H groups in total. The number of nitro groups is 1. The van der Waals surface area contributed by atoms with Crippen LogP contribution in [0.15, 0.2) is 5.03 Å². The van der Waals surface area contributed by atoms with Crippen LogP contribution in [0, 0.1) is 10.1 Å². The average Bonchev–Trinajstić information content (AvgIpc) is 2.52. The molecule has 1 aromatic heterocycles. The van der Waals surface area contributed by atoms with Crippen molar-refractivity contribution in [2.24, 2.45) is 7.05 Å². The van der Waals surface area contributed by atoms with E-state index in [0.717, 1.165) is 0 Å². The Labute approximate surface area is 96.9 Å². The smallest absolute Gasteiger partial charge is 0.258 e. The van der Waals surface area contributed by atoms with Crippen LogP contribution >= 0.6 is 23.4 Å². The summed E-state index contributed by atoms with van der Waals surface area (Å²) in [4.78, 5) is 10.5. The Morgan fingerprint density at radius 2 is 2.33 bits per heavy atom. The Morgan fingerprint density at radius 1 is 1.67 bits per heavy atom. The Morgan fingerprint density at radius 3 is 2.80 bits per heavy atom. The molecule has 1 aromatic rings. The molecule has 0 spiro atoms. The van der Waals surface area contributed by atoms with Crippen molar-refractivity contribution >= 4 is 29.1 Å². The van der Waals surface area contributed by atoms with Crippen molar-refractivity contribution in [1.82, 2.24) is 9.78 Å². The van der Waals surface area contributed by atoms with Gasteiger partial charge >= 0.3 is 5.69 Å². The van der Waals surface area contributed by atoms with Crippen molar-refractivity contribution in [2.75, 3.05) is 11.6 Å². The Kier molecular flexibility index (Phi) is 4.41. The minimum atomic E-state index is -0.373. The summed E-state index contributed by atoms with van der Waals surface area (Å²) in [5, 5.41) is 15.6. The SMILES string of the molecule is CCc1nn(C)c(SCCCl)c1[N+](=O)[O-]. The van der Waals surface area contributed by atoms with Crippen molar-refractivity contribution in [1.29, 1.82) is 0 Å². The highest BCUT2D eigenvalue weighted by molar-refractivity contribution is 7.99. The molecule has 0 amide bonds. The fourth-order valence-electron chi connectivity index (χ4n) is 1.27. The number of halogens is 1. The zero-order valence-corrected chi connectivity index (χ0v) is 10.1. The molecule has 0 aliphatic carbocycles. The summed E-state index contributed by atoms with van der Waals surface area (Å²) < 4.78 is 1.55. The first-order chi connectivity index (χ1) is 7.11. The third-order valence-electron chi connectivity index (χ3n) is 1.87.